The zero-order chi connectivity index (χ0) is 21.9. The topological polar surface area (TPSA) is 115 Å². The van der Waals surface area contributed by atoms with Gasteiger partial charge in [-0.15, -0.1) is 0 Å². The van der Waals surface area contributed by atoms with E-state index >= 15 is 0 Å². The van der Waals surface area contributed by atoms with Crippen LogP contribution in [0, 0.1) is 5.92 Å². The number of hydrogen-bond acceptors (Lipinski definition) is 5. The first-order chi connectivity index (χ1) is 14.1. The van der Waals surface area contributed by atoms with Crippen LogP contribution in [0.3, 0.4) is 0 Å². The summed E-state index contributed by atoms with van der Waals surface area (Å²) in [6.07, 6.45) is 4.17. The summed E-state index contributed by atoms with van der Waals surface area (Å²) in [5.41, 5.74) is 2.61. The van der Waals surface area contributed by atoms with E-state index < -0.39 is 21.5 Å². The van der Waals surface area contributed by atoms with Gasteiger partial charge in [-0.05, 0) is 78.5 Å². The summed E-state index contributed by atoms with van der Waals surface area (Å²) in [7, 11) is -4.28. The van der Waals surface area contributed by atoms with Crippen LogP contribution in [0.25, 0.3) is 0 Å². The molecule has 0 amide bonds. The van der Waals surface area contributed by atoms with Crippen LogP contribution in [0.2, 0.25) is 0 Å². The summed E-state index contributed by atoms with van der Waals surface area (Å²) in [6, 6.07) is 11.3. The Morgan fingerprint density at radius 3 is 2.43 bits per heavy atom. The van der Waals surface area contributed by atoms with Gasteiger partial charge in [-0.3, -0.25) is 4.55 Å². The van der Waals surface area contributed by atoms with Gasteiger partial charge in [0, 0.05) is 0 Å². The fourth-order valence-corrected chi connectivity index (χ4v) is 4.99. The van der Waals surface area contributed by atoms with Gasteiger partial charge in [0.05, 0.1) is 11.4 Å². The summed E-state index contributed by atoms with van der Waals surface area (Å²) in [5.74, 6) is 0.491. The minimum Gasteiger partial charge on any atom is -0.508 e. The van der Waals surface area contributed by atoms with Crippen LogP contribution >= 0.6 is 0 Å². The Morgan fingerprint density at radius 2 is 1.77 bits per heavy atom. The molecule has 0 heterocycles. The molecule has 0 spiro atoms. The zero-order valence-electron chi connectivity index (χ0n) is 16.8. The molecule has 7 heteroatoms. The lowest BCUT2D eigenvalue weighted by Gasteiger charge is -2.33. The second kappa shape index (κ2) is 9.20. The molecule has 6 nitrogen and oxygen atoms in total. The quantitative estimate of drug-likeness (QED) is 0.387. The Hall–Kier alpha value is -2.35. The number of aromatic hydroxyl groups is 2. The van der Waals surface area contributed by atoms with Crippen LogP contribution in [0.1, 0.15) is 54.9 Å². The van der Waals surface area contributed by atoms with E-state index in [2.05, 4.69) is 6.92 Å². The molecule has 0 radical (unpaired) electrons. The third kappa shape index (κ3) is 5.41. The molecule has 4 N–H and O–H groups in total. The number of phenolic OH excluding ortho intramolecular Hbond substituents is 2. The average molecular weight is 433 g/mol. The van der Waals surface area contributed by atoms with Crippen molar-refractivity contribution in [3.05, 3.63) is 71.3 Å². The number of hydrogen-bond donors (Lipinski definition) is 4. The molecule has 0 saturated carbocycles. The van der Waals surface area contributed by atoms with Gasteiger partial charge in [-0.2, -0.15) is 8.42 Å². The van der Waals surface area contributed by atoms with Crippen molar-refractivity contribution in [1.82, 2.24) is 0 Å². The highest BCUT2D eigenvalue weighted by Crippen LogP contribution is 2.41. The molecular weight excluding hydrogens is 404 g/mol. The number of aliphatic hydroxyl groups is 1. The molecule has 0 aliphatic heterocycles. The number of aryl methyl sites for hydroxylation is 1. The van der Waals surface area contributed by atoms with Gasteiger partial charge >= 0.3 is 0 Å². The lowest BCUT2D eigenvalue weighted by molar-refractivity contribution is 0.228. The third-order valence-corrected chi connectivity index (χ3v) is 7.20. The normalized spacial score (nSPS) is 21.3. The average Bonchev–Trinajstić information content (AvgIpc) is 2.68. The van der Waals surface area contributed by atoms with E-state index in [1.54, 1.807) is 30.3 Å². The maximum Gasteiger partial charge on any atom is 0.268 e. The van der Waals surface area contributed by atoms with Gasteiger partial charge in [-0.25, -0.2) is 0 Å². The van der Waals surface area contributed by atoms with Crippen molar-refractivity contribution in [2.45, 2.75) is 49.9 Å². The molecule has 2 aromatic rings. The smallest absolute Gasteiger partial charge is 0.268 e. The van der Waals surface area contributed by atoms with E-state index in [4.69, 9.17) is 0 Å². The third-order valence-electron chi connectivity index (χ3n) is 5.97. The number of aliphatic hydroxyl groups excluding tert-OH is 1. The Balaban J connectivity index is 1.75. The van der Waals surface area contributed by atoms with Crippen molar-refractivity contribution in [1.29, 1.82) is 0 Å². The zero-order valence-corrected chi connectivity index (χ0v) is 17.7. The predicted molar refractivity (Wildman–Crippen MR) is 115 cm³/mol. The number of phenols is 2. The Labute approximate surface area is 177 Å². The molecule has 1 aliphatic rings. The summed E-state index contributed by atoms with van der Waals surface area (Å²) in [5, 5.41) is 28.3. The molecule has 4 atom stereocenters. The molecule has 0 saturated heterocycles. The molecule has 30 heavy (non-hydrogen) atoms. The molecule has 1 aliphatic carbocycles. The second-order valence-corrected chi connectivity index (χ2v) is 9.78. The second-order valence-electron chi connectivity index (χ2n) is 8.08. The predicted octanol–water partition coefficient (Wildman–Crippen LogP) is 4.09. The van der Waals surface area contributed by atoms with E-state index in [1.165, 1.54) is 18.2 Å². The summed E-state index contributed by atoms with van der Waals surface area (Å²) < 4.78 is 33.9. The number of rotatable bonds is 7. The molecule has 2 aromatic carbocycles. The minimum absolute atomic E-state index is 0.0447. The van der Waals surface area contributed by atoms with Gasteiger partial charge in [0.15, 0.2) is 0 Å². The SMILES string of the molecule is C[C@@H]1CCc2cc(O)ccc2[C@@H]1C[C@H](C/C=C/[C@@H](O)c1ccc(O)cc1)S(=O)(=O)O. The highest BCUT2D eigenvalue weighted by Gasteiger charge is 2.33. The van der Waals surface area contributed by atoms with Crippen molar-refractivity contribution >= 4 is 10.1 Å². The van der Waals surface area contributed by atoms with Gasteiger partial charge in [0.1, 0.15) is 11.5 Å². The summed E-state index contributed by atoms with van der Waals surface area (Å²) in [6.45, 7) is 2.08. The maximum absolute atomic E-state index is 12.1. The molecule has 0 fully saturated rings. The van der Waals surface area contributed by atoms with Crippen LogP contribution in [0.5, 0.6) is 11.5 Å². The summed E-state index contributed by atoms with van der Waals surface area (Å²) in [4.78, 5) is 0. The van der Waals surface area contributed by atoms with Crippen molar-refractivity contribution in [3.63, 3.8) is 0 Å². The van der Waals surface area contributed by atoms with E-state index in [1.807, 2.05) is 6.07 Å². The fourth-order valence-electron chi connectivity index (χ4n) is 4.19. The Bertz CT molecular complexity index is 997. The molecule has 0 aromatic heterocycles. The highest BCUT2D eigenvalue weighted by molar-refractivity contribution is 7.86. The molecule has 0 bridgehead atoms. The number of fused-ring (bicyclic) bond motifs is 1. The largest absolute Gasteiger partial charge is 0.508 e. The number of allylic oxidation sites excluding steroid dienone is 1. The number of benzene rings is 2. The summed E-state index contributed by atoms with van der Waals surface area (Å²) >= 11 is 0. The molecular formula is C23H28O6S. The first kappa shape index (κ1) is 22.3. The standard InChI is InChI=1S/C23H28O6S/c1-15-5-6-17-13-19(25)11-12-21(17)22(15)14-20(30(27,28)29)3-2-4-23(26)16-7-9-18(24)10-8-16/h2,4,7-13,15,20,22-26H,3,5-6,14H2,1H3,(H,27,28,29)/b4-2+/t15-,20+,22-,23-/m1/s1. The van der Waals surface area contributed by atoms with E-state index in [-0.39, 0.29) is 36.2 Å². The van der Waals surface area contributed by atoms with Crippen LogP contribution in [-0.4, -0.2) is 33.5 Å². The monoisotopic (exact) mass is 432 g/mol. The van der Waals surface area contributed by atoms with Crippen molar-refractivity contribution in [2.24, 2.45) is 5.92 Å². The molecule has 0 unspecified atom stereocenters. The lowest BCUT2D eigenvalue weighted by Crippen LogP contribution is -2.27. The Kier molecular flexibility index (Phi) is 6.85. The molecule has 3 rings (SSSR count). The minimum atomic E-state index is -4.28. The van der Waals surface area contributed by atoms with Crippen molar-refractivity contribution < 1.29 is 28.3 Å². The first-order valence-electron chi connectivity index (χ1n) is 10.1. The van der Waals surface area contributed by atoms with Crippen LogP contribution in [0.15, 0.2) is 54.6 Å². The Morgan fingerprint density at radius 1 is 1.10 bits per heavy atom. The fraction of sp³-hybridized carbons (Fsp3) is 0.391. The van der Waals surface area contributed by atoms with Crippen LogP contribution in [-0.2, 0) is 16.5 Å². The van der Waals surface area contributed by atoms with E-state index in [0.29, 0.717) is 5.56 Å². The van der Waals surface area contributed by atoms with Crippen molar-refractivity contribution in [2.75, 3.05) is 0 Å². The molecule has 162 valence electrons. The van der Waals surface area contributed by atoms with Crippen LogP contribution in [0.4, 0.5) is 0 Å². The van der Waals surface area contributed by atoms with Gasteiger partial charge in [-0.1, -0.05) is 37.3 Å². The first-order valence-corrected chi connectivity index (χ1v) is 11.6. The van der Waals surface area contributed by atoms with Crippen LogP contribution < -0.4 is 0 Å². The maximum atomic E-state index is 12.1. The van der Waals surface area contributed by atoms with E-state index in [0.717, 1.165) is 24.0 Å². The van der Waals surface area contributed by atoms with Gasteiger partial charge in [0.2, 0.25) is 0 Å². The van der Waals surface area contributed by atoms with E-state index in [9.17, 15) is 28.3 Å². The lowest BCUT2D eigenvalue weighted by atomic mass is 9.73. The van der Waals surface area contributed by atoms with Gasteiger partial charge < -0.3 is 15.3 Å². The van der Waals surface area contributed by atoms with Crippen molar-refractivity contribution in [3.8, 4) is 11.5 Å². The highest BCUT2D eigenvalue weighted by atomic mass is 32.2. The van der Waals surface area contributed by atoms with Gasteiger partial charge in [0.25, 0.3) is 10.1 Å².